The molecule has 0 radical (unpaired) electrons. The Bertz CT molecular complexity index is 723. The van der Waals surface area contributed by atoms with Crippen LogP contribution in [-0.4, -0.2) is 34.0 Å². The molecule has 0 amide bonds. The van der Waals surface area contributed by atoms with Crippen molar-refractivity contribution in [3.05, 3.63) is 57.6 Å². The van der Waals surface area contributed by atoms with Gasteiger partial charge in [-0.1, -0.05) is 0 Å². The van der Waals surface area contributed by atoms with Crippen LogP contribution in [0.25, 0.3) is 0 Å². The topological polar surface area (TPSA) is 23.6 Å². The number of nitrogens with zero attached hydrogens (tertiary/aromatic N) is 2. The van der Waals surface area contributed by atoms with Crippen LogP contribution >= 0.6 is 0 Å². The summed E-state index contributed by atoms with van der Waals surface area (Å²) in [7, 11) is 8.10. The molecule has 0 N–H and O–H groups in total. The minimum Gasteiger partial charge on any atom is -0.377 e. The number of hydrogen-bond acceptors (Lipinski definition) is 3. The normalized spacial score (nSPS) is 10.7. The number of anilines is 2. The molecule has 3 heteroatoms. The van der Waals surface area contributed by atoms with Gasteiger partial charge in [0, 0.05) is 50.7 Å². The molecule has 0 bridgehead atoms. The van der Waals surface area contributed by atoms with E-state index in [0.717, 1.165) is 44.8 Å². The Morgan fingerprint density at radius 1 is 0.625 bits per heavy atom. The van der Waals surface area contributed by atoms with Gasteiger partial charge >= 0.3 is 0 Å². The molecule has 24 heavy (non-hydrogen) atoms. The van der Waals surface area contributed by atoms with E-state index < -0.39 is 0 Å². The second-order valence-corrected chi connectivity index (χ2v) is 6.88. The van der Waals surface area contributed by atoms with E-state index in [0.29, 0.717) is 0 Å². The number of carbonyl (C=O) groups is 1. The molecule has 0 spiro atoms. The van der Waals surface area contributed by atoms with Crippen LogP contribution in [0.1, 0.15) is 38.2 Å². The Kier molecular flexibility index (Phi) is 5.02. The van der Waals surface area contributed by atoms with Gasteiger partial charge in [0.1, 0.15) is 0 Å². The molecule has 0 fully saturated rings. The smallest absolute Gasteiger partial charge is 0.193 e. The van der Waals surface area contributed by atoms with Crippen LogP contribution in [0.2, 0.25) is 0 Å². The summed E-state index contributed by atoms with van der Waals surface area (Å²) in [6, 6.07) is 7.97. The molecule has 2 rings (SSSR count). The van der Waals surface area contributed by atoms with Gasteiger partial charge in [-0.05, 0) is 74.2 Å². The van der Waals surface area contributed by atoms with Gasteiger partial charge in [0.2, 0.25) is 0 Å². The number of rotatable bonds is 4. The van der Waals surface area contributed by atoms with Crippen molar-refractivity contribution in [3.8, 4) is 0 Å². The molecule has 0 saturated carbocycles. The minimum atomic E-state index is 0.104. The molecule has 0 atom stereocenters. The van der Waals surface area contributed by atoms with Crippen LogP contribution in [0.3, 0.4) is 0 Å². The van der Waals surface area contributed by atoms with Gasteiger partial charge in [-0.15, -0.1) is 0 Å². The van der Waals surface area contributed by atoms with E-state index in [4.69, 9.17) is 0 Å². The van der Waals surface area contributed by atoms with Crippen molar-refractivity contribution in [1.82, 2.24) is 0 Å². The van der Waals surface area contributed by atoms with Crippen LogP contribution in [0, 0.1) is 27.7 Å². The number of carbonyl (C=O) groups excluding carboxylic acids is 1. The maximum Gasteiger partial charge on any atom is 0.193 e. The summed E-state index contributed by atoms with van der Waals surface area (Å²) >= 11 is 0. The fraction of sp³-hybridized carbons (Fsp3) is 0.381. The van der Waals surface area contributed by atoms with Crippen LogP contribution < -0.4 is 9.80 Å². The fourth-order valence-corrected chi connectivity index (χ4v) is 3.22. The average Bonchev–Trinajstić information content (AvgIpc) is 2.51. The number of benzene rings is 2. The minimum absolute atomic E-state index is 0.104. The molecule has 0 heterocycles. The number of hydrogen-bond donors (Lipinski definition) is 0. The Morgan fingerprint density at radius 2 is 0.958 bits per heavy atom. The highest BCUT2D eigenvalue weighted by molar-refractivity contribution is 6.11. The molecule has 0 aliphatic rings. The van der Waals surface area contributed by atoms with Crippen molar-refractivity contribution < 1.29 is 4.79 Å². The molecule has 3 nitrogen and oxygen atoms in total. The second-order valence-electron chi connectivity index (χ2n) is 6.88. The van der Waals surface area contributed by atoms with E-state index in [9.17, 15) is 4.79 Å². The monoisotopic (exact) mass is 324 g/mol. The van der Waals surface area contributed by atoms with Crippen LogP contribution in [-0.2, 0) is 0 Å². The fourth-order valence-electron chi connectivity index (χ4n) is 3.22. The lowest BCUT2D eigenvalue weighted by Gasteiger charge is -2.21. The highest BCUT2D eigenvalue weighted by Crippen LogP contribution is 2.29. The zero-order valence-electron chi connectivity index (χ0n) is 16.1. The van der Waals surface area contributed by atoms with Gasteiger partial charge in [0.25, 0.3) is 0 Å². The quantitative estimate of drug-likeness (QED) is 0.784. The Hall–Kier alpha value is -2.29. The Labute approximate surface area is 145 Å². The third-order valence-corrected chi connectivity index (χ3v) is 4.97. The van der Waals surface area contributed by atoms with Crippen LogP contribution in [0.4, 0.5) is 11.4 Å². The summed E-state index contributed by atoms with van der Waals surface area (Å²) in [5, 5.41) is 0. The van der Waals surface area contributed by atoms with Crippen LogP contribution in [0.5, 0.6) is 0 Å². The SMILES string of the molecule is Cc1c(C(=O)c2ccc(N(C)C)c(C)c2C)ccc(N(C)C)c1C. The molecule has 2 aromatic carbocycles. The van der Waals surface area contributed by atoms with Gasteiger partial charge in [0.15, 0.2) is 5.78 Å². The van der Waals surface area contributed by atoms with E-state index in [1.807, 2.05) is 66.3 Å². The standard InChI is InChI=1S/C21H28N2O/c1-13-15(3)19(22(5)6)11-9-17(13)21(24)18-10-12-20(23(7)8)16(4)14(18)2/h9-12H,1-8H3. The van der Waals surface area contributed by atoms with Gasteiger partial charge in [-0.3, -0.25) is 4.79 Å². The molecular weight excluding hydrogens is 296 g/mol. The van der Waals surface area contributed by atoms with Crippen molar-refractivity contribution >= 4 is 17.2 Å². The lowest BCUT2D eigenvalue weighted by Crippen LogP contribution is -2.15. The van der Waals surface area contributed by atoms with Crippen molar-refractivity contribution in [1.29, 1.82) is 0 Å². The second kappa shape index (κ2) is 6.68. The lowest BCUT2D eigenvalue weighted by atomic mass is 9.91. The summed E-state index contributed by atoms with van der Waals surface area (Å²) in [5.74, 6) is 0.104. The van der Waals surface area contributed by atoms with E-state index in [-0.39, 0.29) is 5.78 Å². The van der Waals surface area contributed by atoms with Gasteiger partial charge < -0.3 is 9.80 Å². The summed E-state index contributed by atoms with van der Waals surface area (Å²) in [4.78, 5) is 17.3. The van der Waals surface area contributed by atoms with Gasteiger partial charge in [-0.2, -0.15) is 0 Å². The Balaban J connectivity index is 2.55. The van der Waals surface area contributed by atoms with Crippen molar-refractivity contribution in [3.63, 3.8) is 0 Å². The summed E-state index contributed by atoms with van der Waals surface area (Å²) < 4.78 is 0. The average molecular weight is 324 g/mol. The molecule has 128 valence electrons. The third kappa shape index (κ3) is 3.03. The molecular formula is C21H28N2O. The molecule has 0 unspecified atom stereocenters. The van der Waals surface area contributed by atoms with Crippen LogP contribution in [0.15, 0.2) is 24.3 Å². The maximum absolute atomic E-state index is 13.1. The van der Waals surface area contributed by atoms with Crippen molar-refractivity contribution in [2.45, 2.75) is 27.7 Å². The zero-order chi connectivity index (χ0) is 18.2. The van der Waals surface area contributed by atoms with Gasteiger partial charge in [0.05, 0.1) is 0 Å². The predicted molar refractivity (Wildman–Crippen MR) is 104 cm³/mol. The maximum atomic E-state index is 13.1. The predicted octanol–water partition coefficient (Wildman–Crippen LogP) is 4.28. The third-order valence-electron chi connectivity index (χ3n) is 4.97. The van der Waals surface area contributed by atoms with E-state index in [1.54, 1.807) is 0 Å². The highest BCUT2D eigenvalue weighted by Gasteiger charge is 2.19. The first-order valence-electron chi connectivity index (χ1n) is 8.26. The first kappa shape index (κ1) is 18.1. The Morgan fingerprint density at radius 3 is 1.25 bits per heavy atom. The summed E-state index contributed by atoms with van der Waals surface area (Å²) in [6.07, 6.45) is 0. The molecule has 0 aliphatic heterocycles. The highest BCUT2D eigenvalue weighted by atomic mass is 16.1. The molecule has 2 aromatic rings. The lowest BCUT2D eigenvalue weighted by molar-refractivity contribution is 0.103. The summed E-state index contributed by atoms with van der Waals surface area (Å²) in [5.41, 5.74) is 8.31. The largest absolute Gasteiger partial charge is 0.377 e. The summed E-state index contributed by atoms with van der Waals surface area (Å²) in [6.45, 7) is 8.22. The van der Waals surface area contributed by atoms with Crippen molar-refractivity contribution in [2.75, 3.05) is 38.0 Å². The first-order chi connectivity index (χ1) is 11.2. The van der Waals surface area contributed by atoms with E-state index >= 15 is 0 Å². The zero-order valence-corrected chi connectivity index (χ0v) is 16.1. The van der Waals surface area contributed by atoms with Gasteiger partial charge in [-0.25, -0.2) is 0 Å². The first-order valence-corrected chi connectivity index (χ1v) is 8.26. The molecule has 0 aliphatic carbocycles. The van der Waals surface area contributed by atoms with Crippen molar-refractivity contribution in [2.24, 2.45) is 0 Å². The van der Waals surface area contributed by atoms with E-state index in [2.05, 4.69) is 23.6 Å². The van der Waals surface area contributed by atoms with E-state index in [1.165, 1.54) is 0 Å². The molecule has 0 saturated heterocycles. The molecule has 0 aromatic heterocycles. The number of ketones is 1.